The molecule has 0 radical (unpaired) electrons. The van der Waals surface area contributed by atoms with Crippen LogP contribution >= 0.6 is 11.3 Å². The molecule has 2 unspecified atom stereocenters. The third-order valence-electron chi connectivity index (χ3n) is 3.40. The van der Waals surface area contributed by atoms with Crippen LogP contribution in [0.1, 0.15) is 17.8 Å². The molecule has 100 valence electrons. The highest BCUT2D eigenvalue weighted by atomic mass is 32.1. The third kappa shape index (κ3) is 3.03. The largest absolute Gasteiger partial charge is 0.390 e. The van der Waals surface area contributed by atoms with Gasteiger partial charge in [0.1, 0.15) is 0 Å². The first kappa shape index (κ1) is 12.8. The minimum absolute atomic E-state index is 0.0101. The monoisotopic (exact) mass is 275 g/mol. The molecule has 1 aliphatic rings. The van der Waals surface area contributed by atoms with Crippen molar-refractivity contribution in [1.82, 2.24) is 4.98 Å². The van der Waals surface area contributed by atoms with Crippen LogP contribution in [0.2, 0.25) is 0 Å². The van der Waals surface area contributed by atoms with Gasteiger partial charge in [-0.1, -0.05) is 30.3 Å². The van der Waals surface area contributed by atoms with E-state index in [2.05, 4.69) is 17.1 Å². The van der Waals surface area contributed by atoms with Crippen LogP contribution in [0.4, 0.5) is 0 Å². The maximum atomic E-state index is 10.1. The van der Waals surface area contributed by atoms with Crippen molar-refractivity contribution in [2.75, 3.05) is 6.61 Å². The molecule has 0 bridgehead atoms. The molecule has 0 amide bonds. The van der Waals surface area contributed by atoms with Gasteiger partial charge in [-0.25, -0.2) is 4.98 Å². The summed E-state index contributed by atoms with van der Waals surface area (Å²) in [5, 5.41) is 13.1. The fourth-order valence-electron chi connectivity index (χ4n) is 2.36. The minimum atomic E-state index is -0.433. The number of aliphatic hydroxyl groups is 1. The number of aliphatic hydroxyl groups excluding tert-OH is 1. The van der Waals surface area contributed by atoms with Gasteiger partial charge in [-0.15, -0.1) is 11.3 Å². The van der Waals surface area contributed by atoms with E-state index in [1.54, 1.807) is 11.3 Å². The second kappa shape index (κ2) is 5.82. The zero-order chi connectivity index (χ0) is 13.1. The Morgan fingerprint density at radius 3 is 2.95 bits per heavy atom. The van der Waals surface area contributed by atoms with Gasteiger partial charge >= 0.3 is 0 Å². The van der Waals surface area contributed by atoms with E-state index >= 15 is 0 Å². The standard InChI is InChI=1S/C15H17NO2S/c17-13(14-7-4-8-18-14)9-15-16-12(10-19-15)11-5-2-1-3-6-11/h1-3,5-6,10,13-14,17H,4,7-9H2. The number of benzene rings is 1. The van der Waals surface area contributed by atoms with Crippen LogP contribution in [-0.4, -0.2) is 28.9 Å². The lowest BCUT2D eigenvalue weighted by molar-refractivity contribution is -0.000783. The molecular formula is C15H17NO2S. The predicted octanol–water partition coefficient (Wildman–Crippen LogP) is 2.89. The van der Waals surface area contributed by atoms with Gasteiger partial charge in [0, 0.05) is 24.0 Å². The van der Waals surface area contributed by atoms with E-state index in [-0.39, 0.29) is 6.10 Å². The average molecular weight is 275 g/mol. The van der Waals surface area contributed by atoms with Gasteiger partial charge in [-0.05, 0) is 12.8 Å². The first-order valence-electron chi connectivity index (χ1n) is 6.62. The number of rotatable bonds is 4. The average Bonchev–Trinajstić information content (AvgIpc) is 3.11. The first-order valence-corrected chi connectivity index (χ1v) is 7.50. The zero-order valence-corrected chi connectivity index (χ0v) is 11.5. The molecule has 1 aromatic heterocycles. The van der Waals surface area contributed by atoms with Gasteiger partial charge in [0.25, 0.3) is 0 Å². The molecule has 3 rings (SSSR count). The van der Waals surface area contributed by atoms with E-state index in [4.69, 9.17) is 4.74 Å². The Morgan fingerprint density at radius 1 is 1.37 bits per heavy atom. The summed E-state index contributed by atoms with van der Waals surface area (Å²) in [5.41, 5.74) is 2.11. The van der Waals surface area contributed by atoms with Crippen molar-refractivity contribution < 1.29 is 9.84 Å². The molecule has 2 aromatic rings. The third-order valence-corrected chi connectivity index (χ3v) is 4.27. The molecule has 19 heavy (non-hydrogen) atoms. The molecule has 3 nitrogen and oxygen atoms in total. The zero-order valence-electron chi connectivity index (χ0n) is 10.7. The van der Waals surface area contributed by atoms with E-state index in [9.17, 15) is 5.11 Å². The Labute approximate surface area is 116 Å². The Hall–Kier alpha value is -1.23. The maximum Gasteiger partial charge on any atom is 0.0959 e. The van der Waals surface area contributed by atoms with Crippen molar-refractivity contribution in [2.45, 2.75) is 31.5 Å². The summed E-state index contributed by atoms with van der Waals surface area (Å²) in [6.45, 7) is 0.773. The van der Waals surface area contributed by atoms with Crippen molar-refractivity contribution in [3.63, 3.8) is 0 Å². The van der Waals surface area contributed by atoms with E-state index in [0.29, 0.717) is 6.42 Å². The van der Waals surface area contributed by atoms with Crippen LogP contribution in [0.5, 0.6) is 0 Å². The first-order chi connectivity index (χ1) is 9.33. The maximum absolute atomic E-state index is 10.1. The van der Waals surface area contributed by atoms with Crippen molar-refractivity contribution in [1.29, 1.82) is 0 Å². The summed E-state index contributed by atoms with van der Waals surface area (Å²) in [7, 11) is 0. The SMILES string of the molecule is OC(Cc1nc(-c2ccccc2)cs1)C1CCCO1. The van der Waals surface area contributed by atoms with Crippen LogP contribution in [0.25, 0.3) is 11.3 Å². The highest BCUT2D eigenvalue weighted by Gasteiger charge is 2.25. The Kier molecular flexibility index (Phi) is 3.92. The van der Waals surface area contributed by atoms with Gasteiger partial charge < -0.3 is 9.84 Å². The molecule has 0 spiro atoms. The Morgan fingerprint density at radius 2 is 2.21 bits per heavy atom. The lowest BCUT2D eigenvalue weighted by Crippen LogP contribution is -2.27. The van der Waals surface area contributed by atoms with E-state index < -0.39 is 6.10 Å². The fourth-order valence-corrected chi connectivity index (χ4v) is 3.22. The molecular weight excluding hydrogens is 258 g/mol. The number of nitrogens with zero attached hydrogens (tertiary/aromatic N) is 1. The summed E-state index contributed by atoms with van der Waals surface area (Å²) < 4.78 is 5.51. The van der Waals surface area contributed by atoms with Gasteiger partial charge in [0.2, 0.25) is 0 Å². The van der Waals surface area contributed by atoms with Crippen LogP contribution < -0.4 is 0 Å². The van der Waals surface area contributed by atoms with Crippen LogP contribution in [0.15, 0.2) is 35.7 Å². The quantitative estimate of drug-likeness (QED) is 0.933. The lowest BCUT2D eigenvalue weighted by atomic mass is 10.1. The Bertz CT molecular complexity index is 520. The number of hydrogen-bond donors (Lipinski definition) is 1. The van der Waals surface area contributed by atoms with E-state index in [1.807, 2.05) is 23.6 Å². The number of ether oxygens (including phenoxy) is 1. The molecule has 4 heteroatoms. The molecule has 0 aliphatic carbocycles. The fraction of sp³-hybridized carbons (Fsp3) is 0.400. The van der Waals surface area contributed by atoms with Crippen molar-refractivity contribution in [3.8, 4) is 11.3 Å². The second-order valence-electron chi connectivity index (χ2n) is 4.82. The molecule has 0 saturated carbocycles. The summed E-state index contributed by atoms with van der Waals surface area (Å²) in [6, 6.07) is 10.1. The van der Waals surface area contributed by atoms with Crippen LogP contribution in [0, 0.1) is 0 Å². The molecule has 1 fully saturated rings. The summed E-state index contributed by atoms with van der Waals surface area (Å²) in [5.74, 6) is 0. The molecule has 2 atom stereocenters. The Balaban J connectivity index is 1.68. The smallest absolute Gasteiger partial charge is 0.0959 e. The lowest BCUT2D eigenvalue weighted by Gasteiger charge is -2.15. The predicted molar refractivity (Wildman–Crippen MR) is 76.2 cm³/mol. The van der Waals surface area contributed by atoms with Gasteiger partial charge in [0.15, 0.2) is 0 Å². The number of hydrogen-bond acceptors (Lipinski definition) is 4. The molecule has 1 aliphatic heterocycles. The van der Waals surface area contributed by atoms with Gasteiger partial charge in [-0.3, -0.25) is 0 Å². The summed E-state index contributed by atoms with van der Waals surface area (Å²) in [4.78, 5) is 4.59. The molecule has 1 saturated heterocycles. The number of thiazole rings is 1. The minimum Gasteiger partial charge on any atom is -0.390 e. The van der Waals surface area contributed by atoms with Crippen molar-refractivity contribution >= 4 is 11.3 Å². The second-order valence-corrected chi connectivity index (χ2v) is 5.76. The van der Waals surface area contributed by atoms with E-state index in [1.165, 1.54) is 0 Å². The van der Waals surface area contributed by atoms with Crippen LogP contribution in [-0.2, 0) is 11.2 Å². The molecule has 2 heterocycles. The van der Waals surface area contributed by atoms with Gasteiger partial charge in [-0.2, -0.15) is 0 Å². The van der Waals surface area contributed by atoms with Crippen molar-refractivity contribution in [2.24, 2.45) is 0 Å². The topological polar surface area (TPSA) is 42.4 Å². The van der Waals surface area contributed by atoms with Crippen molar-refractivity contribution in [3.05, 3.63) is 40.7 Å². The van der Waals surface area contributed by atoms with Gasteiger partial charge in [0.05, 0.1) is 22.9 Å². The summed E-state index contributed by atoms with van der Waals surface area (Å²) in [6.07, 6.45) is 2.15. The van der Waals surface area contributed by atoms with Crippen LogP contribution in [0.3, 0.4) is 0 Å². The highest BCUT2D eigenvalue weighted by Crippen LogP contribution is 2.24. The molecule has 1 aromatic carbocycles. The van der Waals surface area contributed by atoms with E-state index in [0.717, 1.165) is 35.7 Å². The highest BCUT2D eigenvalue weighted by molar-refractivity contribution is 7.09. The molecule has 1 N–H and O–H groups in total. The summed E-state index contributed by atoms with van der Waals surface area (Å²) >= 11 is 1.60. The number of aromatic nitrogens is 1. The normalized spacial score (nSPS) is 20.6.